The summed E-state index contributed by atoms with van der Waals surface area (Å²) in [5.74, 6) is 0.105. The molecule has 1 fully saturated rings. The van der Waals surface area contributed by atoms with Crippen LogP contribution in [0.5, 0.6) is 0 Å². The molecule has 0 saturated carbocycles. The normalized spacial score (nSPS) is 18.6. The van der Waals surface area contributed by atoms with E-state index in [2.05, 4.69) is 52.8 Å². The van der Waals surface area contributed by atoms with Crippen LogP contribution in [0, 0.1) is 0 Å². The molecule has 2 aromatic rings. The molecule has 2 aromatic carbocycles. The maximum Gasteiger partial charge on any atom is 0.221 e. The SMILES string of the molecule is C[C@H](c1ccccc1)N1CC[C@H](NCCC(=O)NCc2ccccc2)C1. The van der Waals surface area contributed by atoms with Crippen molar-refractivity contribution in [2.24, 2.45) is 0 Å². The van der Waals surface area contributed by atoms with Crippen LogP contribution in [0.2, 0.25) is 0 Å². The molecule has 138 valence electrons. The van der Waals surface area contributed by atoms with Crippen LogP contribution in [0.3, 0.4) is 0 Å². The second-order valence-corrected chi connectivity index (χ2v) is 7.03. The number of nitrogens with one attached hydrogen (secondary N) is 2. The molecule has 1 heterocycles. The third kappa shape index (κ3) is 5.41. The molecule has 4 heteroatoms. The van der Waals surface area contributed by atoms with Gasteiger partial charge in [0.15, 0.2) is 0 Å². The third-order valence-corrected chi connectivity index (χ3v) is 5.17. The molecule has 0 unspecified atom stereocenters. The van der Waals surface area contributed by atoms with Gasteiger partial charge in [0.05, 0.1) is 0 Å². The average molecular weight is 351 g/mol. The van der Waals surface area contributed by atoms with Gasteiger partial charge in [-0.15, -0.1) is 0 Å². The number of benzene rings is 2. The van der Waals surface area contributed by atoms with Crippen LogP contribution in [-0.2, 0) is 11.3 Å². The van der Waals surface area contributed by atoms with Gasteiger partial charge in [-0.25, -0.2) is 0 Å². The topological polar surface area (TPSA) is 44.4 Å². The van der Waals surface area contributed by atoms with Crippen molar-refractivity contribution in [1.82, 2.24) is 15.5 Å². The first kappa shape index (κ1) is 18.6. The van der Waals surface area contributed by atoms with Crippen molar-refractivity contribution in [3.8, 4) is 0 Å². The molecule has 26 heavy (non-hydrogen) atoms. The molecular formula is C22H29N3O. The summed E-state index contributed by atoms with van der Waals surface area (Å²) in [7, 11) is 0. The van der Waals surface area contributed by atoms with Crippen molar-refractivity contribution < 1.29 is 4.79 Å². The average Bonchev–Trinajstić information content (AvgIpc) is 3.16. The van der Waals surface area contributed by atoms with Gasteiger partial charge in [0, 0.05) is 44.7 Å². The number of amides is 1. The van der Waals surface area contributed by atoms with Crippen LogP contribution in [0.15, 0.2) is 60.7 Å². The summed E-state index contributed by atoms with van der Waals surface area (Å²) in [6, 6.07) is 21.6. The molecule has 1 aliphatic rings. The molecular weight excluding hydrogens is 322 g/mol. The predicted molar refractivity (Wildman–Crippen MR) is 106 cm³/mol. The van der Waals surface area contributed by atoms with E-state index >= 15 is 0 Å². The standard InChI is InChI=1S/C22H29N3O/c1-18(20-10-6-3-7-11-20)25-15-13-21(17-25)23-14-12-22(26)24-16-19-8-4-2-5-9-19/h2-11,18,21,23H,12-17H2,1H3,(H,24,26)/t18-,21+/m1/s1. The van der Waals surface area contributed by atoms with Gasteiger partial charge in [0.1, 0.15) is 0 Å². The van der Waals surface area contributed by atoms with Gasteiger partial charge >= 0.3 is 0 Å². The predicted octanol–water partition coefficient (Wildman–Crippen LogP) is 3.12. The molecule has 1 aliphatic heterocycles. The Morgan fingerprint density at radius 2 is 1.81 bits per heavy atom. The van der Waals surface area contributed by atoms with Gasteiger partial charge < -0.3 is 10.6 Å². The Kier molecular flexibility index (Phi) is 6.81. The lowest BCUT2D eigenvalue weighted by atomic mass is 10.1. The van der Waals surface area contributed by atoms with E-state index in [0.29, 0.717) is 25.0 Å². The number of nitrogens with zero attached hydrogens (tertiary/aromatic N) is 1. The molecule has 2 atom stereocenters. The minimum absolute atomic E-state index is 0.105. The summed E-state index contributed by atoms with van der Waals surface area (Å²) in [5, 5.41) is 6.53. The molecule has 1 amide bonds. The van der Waals surface area contributed by atoms with Gasteiger partial charge in [0.2, 0.25) is 5.91 Å². The Balaban J connectivity index is 1.34. The molecule has 0 aromatic heterocycles. The molecule has 2 N–H and O–H groups in total. The monoisotopic (exact) mass is 351 g/mol. The molecule has 0 spiro atoms. The zero-order valence-electron chi connectivity index (χ0n) is 15.5. The van der Waals surface area contributed by atoms with Gasteiger partial charge in [-0.1, -0.05) is 60.7 Å². The Morgan fingerprint density at radius 3 is 2.54 bits per heavy atom. The molecule has 0 radical (unpaired) electrons. The van der Waals surface area contributed by atoms with E-state index in [-0.39, 0.29) is 5.91 Å². The summed E-state index contributed by atoms with van der Waals surface area (Å²) in [6.45, 7) is 5.76. The quantitative estimate of drug-likeness (QED) is 0.768. The summed E-state index contributed by atoms with van der Waals surface area (Å²) < 4.78 is 0. The van der Waals surface area contributed by atoms with E-state index in [9.17, 15) is 4.79 Å². The van der Waals surface area contributed by atoms with E-state index in [1.165, 1.54) is 5.56 Å². The van der Waals surface area contributed by atoms with E-state index in [1.807, 2.05) is 30.3 Å². The number of carbonyl (C=O) groups is 1. The number of hydrogen-bond donors (Lipinski definition) is 2. The first-order valence-corrected chi connectivity index (χ1v) is 9.55. The van der Waals surface area contributed by atoms with Crippen LogP contribution in [0.4, 0.5) is 0 Å². The fourth-order valence-corrected chi connectivity index (χ4v) is 3.52. The van der Waals surface area contributed by atoms with Crippen LogP contribution in [-0.4, -0.2) is 36.5 Å². The molecule has 4 nitrogen and oxygen atoms in total. The van der Waals surface area contributed by atoms with Crippen LogP contribution >= 0.6 is 0 Å². The van der Waals surface area contributed by atoms with Gasteiger partial charge in [-0.2, -0.15) is 0 Å². The lowest BCUT2D eigenvalue weighted by molar-refractivity contribution is -0.121. The van der Waals surface area contributed by atoms with Crippen molar-refractivity contribution in [1.29, 1.82) is 0 Å². The molecule has 1 saturated heterocycles. The molecule has 0 bridgehead atoms. The lowest BCUT2D eigenvalue weighted by Crippen LogP contribution is -2.36. The maximum absolute atomic E-state index is 12.0. The summed E-state index contributed by atoms with van der Waals surface area (Å²) in [5.41, 5.74) is 2.50. The number of hydrogen-bond acceptors (Lipinski definition) is 3. The van der Waals surface area contributed by atoms with Crippen molar-refractivity contribution in [3.05, 3.63) is 71.8 Å². The lowest BCUT2D eigenvalue weighted by Gasteiger charge is -2.24. The minimum Gasteiger partial charge on any atom is -0.352 e. The van der Waals surface area contributed by atoms with Gasteiger partial charge in [0.25, 0.3) is 0 Å². The van der Waals surface area contributed by atoms with Gasteiger partial charge in [-0.05, 0) is 24.5 Å². The smallest absolute Gasteiger partial charge is 0.221 e. The Hall–Kier alpha value is -2.17. The van der Waals surface area contributed by atoms with Gasteiger partial charge in [-0.3, -0.25) is 9.69 Å². The minimum atomic E-state index is 0.105. The van der Waals surface area contributed by atoms with E-state index in [0.717, 1.165) is 31.6 Å². The van der Waals surface area contributed by atoms with Crippen LogP contribution in [0.25, 0.3) is 0 Å². The Bertz CT molecular complexity index is 674. The number of likely N-dealkylation sites (tertiary alicyclic amines) is 1. The zero-order valence-corrected chi connectivity index (χ0v) is 15.5. The summed E-state index contributed by atoms with van der Waals surface area (Å²) in [4.78, 5) is 14.5. The summed E-state index contributed by atoms with van der Waals surface area (Å²) in [6.07, 6.45) is 1.67. The van der Waals surface area contributed by atoms with Crippen molar-refractivity contribution in [3.63, 3.8) is 0 Å². The van der Waals surface area contributed by atoms with Crippen molar-refractivity contribution in [2.45, 2.75) is 38.4 Å². The highest BCUT2D eigenvalue weighted by Gasteiger charge is 2.26. The van der Waals surface area contributed by atoms with Crippen LogP contribution < -0.4 is 10.6 Å². The third-order valence-electron chi connectivity index (χ3n) is 5.17. The second kappa shape index (κ2) is 9.51. The first-order chi connectivity index (χ1) is 12.7. The van der Waals surface area contributed by atoms with Crippen molar-refractivity contribution >= 4 is 5.91 Å². The van der Waals surface area contributed by atoms with Crippen molar-refractivity contribution in [2.75, 3.05) is 19.6 Å². The first-order valence-electron chi connectivity index (χ1n) is 9.55. The molecule has 3 rings (SSSR count). The fraction of sp³-hybridized carbons (Fsp3) is 0.409. The van der Waals surface area contributed by atoms with E-state index < -0.39 is 0 Å². The maximum atomic E-state index is 12.0. The van der Waals surface area contributed by atoms with E-state index in [4.69, 9.17) is 0 Å². The Labute approximate surface area is 156 Å². The highest BCUT2D eigenvalue weighted by atomic mass is 16.1. The second-order valence-electron chi connectivity index (χ2n) is 7.03. The highest BCUT2D eigenvalue weighted by molar-refractivity contribution is 5.76. The zero-order chi connectivity index (χ0) is 18.2. The number of rotatable bonds is 8. The summed E-state index contributed by atoms with van der Waals surface area (Å²) >= 11 is 0. The number of carbonyl (C=O) groups excluding carboxylic acids is 1. The fourth-order valence-electron chi connectivity index (χ4n) is 3.52. The molecule has 0 aliphatic carbocycles. The highest BCUT2D eigenvalue weighted by Crippen LogP contribution is 2.24. The van der Waals surface area contributed by atoms with E-state index in [1.54, 1.807) is 0 Å². The largest absolute Gasteiger partial charge is 0.352 e. The van der Waals surface area contributed by atoms with Crippen LogP contribution in [0.1, 0.15) is 36.9 Å². The Morgan fingerprint density at radius 1 is 1.12 bits per heavy atom.